The molecule has 0 radical (unpaired) electrons. The highest BCUT2D eigenvalue weighted by atomic mass is 15.2. The molecule has 1 saturated heterocycles. The monoisotopic (exact) mass is 252 g/mol. The first kappa shape index (κ1) is 14.3. The van der Waals surface area contributed by atoms with E-state index in [1.54, 1.807) is 0 Å². The Morgan fingerprint density at radius 2 is 2.06 bits per heavy atom. The molecule has 1 saturated carbocycles. The van der Waals surface area contributed by atoms with E-state index in [1.807, 2.05) is 0 Å². The van der Waals surface area contributed by atoms with Crippen LogP contribution in [0, 0.1) is 5.92 Å². The summed E-state index contributed by atoms with van der Waals surface area (Å²) in [4.78, 5) is 2.84. The Labute approximate surface area is 113 Å². The molecule has 3 unspecified atom stereocenters. The van der Waals surface area contributed by atoms with Gasteiger partial charge in [0.2, 0.25) is 0 Å². The van der Waals surface area contributed by atoms with Crippen molar-refractivity contribution < 1.29 is 0 Å². The van der Waals surface area contributed by atoms with Gasteiger partial charge < -0.3 is 5.73 Å². The van der Waals surface area contributed by atoms with Crippen molar-refractivity contribution in [2.45, 2.75) is 83.2 Å². The fraction of sp³-hybridized carbons (Fsp3) is 1.00. The van der Waals surface area contributed by atoms with E-state index in [-0.39, 0.29) is 0 Å². The van der Waals surface area contributed by atoms with Crippen molar-refractivity contribution in [2.75, 3.05) is 13.1 Å². The summed E-state index contributed by atoms with van der Waals surface area (Å²) < 4.78 is 0. The second kappa shape index (κ2) is 6.38. The molecule has 2 fully saturated rings. The van der Waals surface area contributed by atoms with Crippen molar-refractivity contribution in [3.8, 4) is 0 Å². The van der Waals surface area contributed by atoms with Crippen LogP contribution in [0.3, 0.4) is 0 Å². The van der Waals surface area contributed by atoms with Crippen LogP contribution in [0.25, 0.3) is 0 Å². The summed E-state index contributed by atoms with van der Waals surface area (Å²) in [5.41, 5.74) is 6.59. The summed E-state index contributed by atoms with van der Waals surface area (Å²) in [6, 6.07) is 0.817. The quantitative estimate of drug-likeness (QED) is 0.829. The molecule has 1 heterocycles. The molecule has 106 valence electrons. The summed E-state index contributed by atoms with van der Waals surface area (Å²) in [6.07, 6.45) is 12.4. The van der Waals surface area contributed by atoms with Gasteiger partial charge in [0.1, 0.15) is 0 Å². The zero-order valence-electron chi connectivity index (χ0n) is 12.5. The maximum absolute atomic E-state index is 6.25. The van der Waals surface area contributed by atoms with Crippen molar-refractivity contribution in [3.63, 3.8) is 0 Å². The molecule has 0 spiro atoms. The van der Waals surface area contributed by atoms with Gasteiger partial charge in [0.05, 0.1) is 0 Å². The molecule has 2 aliphatic rings. The molecule has 0 amide bonds. The molecule has 2 nitrogen and oxygen atoms in total. The lowest BCUT2D eigenvalue weighted by atomic mass is 9.73. The SMILES string of the molecule is CCCC1CCCCN1C1(CN)CCCC(C)C1. The van der Waals surface area contributed by atoms with Crippen molar-refractivity contribution in [1.82, 2.24) is 4.90 Å². The van der Waals surface area contributed by atoms with Crippen molar-refractivity contribution in [2.24, 2.45) is 11.7 Å². The van der Waals surface area contributed by atoms with Gasteiger partial charge in [-0.05, 0) is 44.6 Å². The number of nitrogens with two attached hydrogens (primary N) is 1. The molecule has 1 aliphatic heterocycles. The normalized spacial score (nSPS) is 38.8. The minimum Gasteiger partial charge on any atom is -0.329 e. The third-order valence-electron chi connectivity index (χ3n) is 5.31. The number of hydrogen-bond donors (Lipinski definition) is 1. The van der Waals surface area contributed by atoms with Crippen LogP contribution in [0.2, 0.25) is 0 Å². The third kappa shape index (κ3) is 2.91. The van der Waals surface area contributed by atoms with E-state index < -0.39 is 0 Å². The number of piperidine rings is 1. The van der Waals surface area contributed by atoms with Gasteiger partial charge in [0.15, 0.2) is 0 Å². The predicted molar refractivity (Wildman–Crippen MR) is 78.7 cm³/mol. The van der Waals surface area contributed by atoms with Crippen LogP contribution in [-0.2, 0) is 0 Å². The molecule has 2 heteroatoms. The summed E-state index contributed by atoms with van der Waals surface area (Å²) in [5.74, 6) is 0.867. The zero-order chi connectivity index (χ0) is 13.0. The number of hydrogen-bond acceptors (Lipinski definition) is 2. The first-order chi connectivity index (χ1) is 8.72. The Morgan fingerprint density at radius 3 is 2.72 bits per heavy atom. The number of rotatable bonds is 4. The van der Waals surface area contributed by atoms with Gasteiger partial charge in [-0.15, -0.1) is 0 Å². The van der Waals surface area contributed by atoms with Crippen LogP contribution in [0.4, 0.5) is 0 Å². The Balaban J connectivity index is 2.12. The van der Waals surface area contributed by atoms with Crippen LogP contribution in [0.5, 0.6) is 0 Å². The zero-order valence-corrected chi connectivity index (χ0v) is 12.5. The van der Waals surface area contributed by atoms with Gasteiger partial charge in [-0.2, -0.15) is 0 Å². The molecule has 0 aromatic carbocycles. The molecule has 0 bridgehead atoms. The van der Waals surface area contributed by atoms with Crippen molar-refractivity contribution in [3.05, 3.63) is 0 Å². The van der Waals surface area contributed by atoms with Crippen LogP contribution in [0.1, 0.15) is 71.6 Å². The maximum Gasteiger partial charge on any atom is 0.0337 e. The van der Waals surface area contributed by atoms with Crippen molar-refractivity contribution in [1.29, 1.82) is 0 Å². The maximum atomic E-state index is 6.25. The molecule has 2 rings (SSSR count). The lowest BCUT2D eigenvalue weighted by Gasteiger charge is -2.53. The highest BCUT2D eigenvalue weighted by Gasteiger charge is 2.42. The largest absolute Gasteiger partial charge is 0.329 e. The average molecular weight is 252 g/mol. The first-order valence-electron chi connectivity index (χ1n) is 8.18. The van der Waals surface area contributed by atoms with E-state index >= 15 is 0 Å². The summed E-state index contributed by atoms with van der Waals surface area (Å²) in [5, 5.41) is 0. The van der Waals surface area contributed by atoms with Crippen LogP contribution >= 0.6 is 0 Å². The Morgan fingerprint density at radius 1 is 1.22 bits per heavy atom. The smallest absolute Gasteiger partial charge is 0.0337 e. The summed E-state index contributed by atoms with van der Waals surface area (Å²) in [6.45, 7) is 6.92. The summed E-state index contributed by atoms with van der Waals surface area (Å²) in [7, 11) is 0. The third-order valence-corrected chi connectivity index (χ3v) is 5.31. The Hall–Kier alpha value is -0.0800. The van der Waals surface area contributed by atoms with Gasteiger partial charge in [-0.25, -0.2) is 0 Å². The Kier molecular flexibility index (Phi) is 5.08. The highest BCUT2D eigenvalue weighted by molar-refractivity contribution is 4.99. The molecule has 3 atom stereocenters. The van der Waals surface area contributed by atoms with E-state index in [1.165, 1.54) is 64.3 Å². The van der Waals surface area contributed by atoms with Crippen LogP contribution in [-0.4, -0.2) is 29.6 Å². The molecular weight excluding hydrogens is 220 g/mol. The van der Waals surface area contributed by atoms with E-state index in [4.69, 9.17) is 5.73 Å². The fourth-order valence-corrected chi connectivity index (χ4v) is 4.45. The number of nitrogens with zero attached hydrogens (tertiary/aromatic N) is 1. The average Bonchev–Trinajstić information content (AvgIpc) is 2.39. The van der Waals surface area contributed by atoms with E-state index in [0.717, 1.165) is 18.5 Å². The van der Waals surface area contributed by atoms with Crippen LogP contribution < -0.4 is 5.73 Å². The van der Waals surface area contributed by atoms with Gasteiger partial charge in [-0.1, -0.05) is 39.5 Å². The second-order valence-corrected chi connectivity index (χ2v) is 6.76. The molecule has 0 aromatic rings. The van der Waals surface area contributed by atoms with E-state index in [0.29, 0.717) is 5.54 Å². The lowest BCUT2D eigenvalue weighted by molar-refractivity contribution is -0.0175. The Bertz CT molecular complexity index is 251. The van der Waals surface area contributed by atoms with Crippen molar-refractivity contribution >= 4 is 0 Å². The molecule has 0 aromatic heterocycles. The minimum absolute atomic E-state index is 0.345. The predicted octanol–water partition coefficient (Wildman–Crippen LogP) is 3.55. The highest BCUT2D eigenvalue weighted by Crippen LogP contribution is 2.40. The van der Waals surface area contributed by atoms with Gasteiger partial charge in [0.25, 0.3) is 0 Å². The van der Waals surface area contributed by atoms with E-state index in [2.05, 4.69) is 18.7 Å². The first-order valence-corrected chi connectivity index (χ1v) is 8.18. The lowest BCUT2D eigenvalue weighted by Crippen LogP contribution is -2.61. The molecule has 1 aliphatic carbocycles. The van der Waals surface area contributed by atoms with Crippen LogP contribution in [0.15, 0.2) is 0 Å². The van der Waals surface area contributed by atoms with Gasteiger partial charge in [0, 0.05) is 18.1 Å². The van der Waals surface area contributed by atoms with E-state index in [9.17, 15) is 0 Å². The van der Waals surface area contributed by atoms with Gasteiger partial charge in [-0.3, -0.25) is 4.90 Å². The molecule has 2 N–H and O–H groups in total. The molecular formula is C16H32N2. The standard InChI is InChI=1S/C16H32N2/c1-3-7-15-9-4-5-11-18(15)16(13-17)10-6-8-14(2)12-16/h14-15H,3-13,17H2,1-2H3. The fourth-order valence-electron chi connectivity index (χ4n) is 4.45. The van der Waals surface area contributed by atoms with Gasteiger partial charge >= 0.3 is 0 Å². The number of likely N-dealkylation sites (tertiary alicyclic amines) is 1. The summed E-state index contributed by atoms with van der Waals surface area (Å²) >= 11 is 0. The topological polar surface area (TPSA) is 29.3 Å². The minimum atomic E-state index is 0.345. The molecule has 18 heavy (non-hydrogen) atoms. The second-order valence-electron chi connectivity index (χ2n) is 6.76.